The van der Waals surface area contributed by atoms with Crippen molar-refractivity contribution < 1.29 is 4.79 Å². The summed E-state index contributed by atoms with van der Waals surface area (Å²) in [5.41, 5.74) is 1.22. The zero-order chi connectivity index (χ0) is 15.4. The van der Waals surface area contributed by atoms with Crippen LogP contribution in [0.25, 0.3) is 0 Å². The van der Waals surface area contributed by atoms with E-state index < -0.39 is 0 Å². The number of amides is 1. The summed E-state index contributed by atoms with van der Waals surface area (Å²) in [7, 11) is 0. The van der Waals surface area contributed by atoms with E-state index in [1.54, 1.807) is 19.1 Å². The fraction of sp³-hybridized carbons (Fsp3) is 0.267. The van der Waals surface area contributed by atoms with E-state index in [1.165, 1.54) is 10.6 Å². The Morgan fingerprint density at radius 3 is 2.57 bits per heavy atom. The average Bonchev–Trinajstić information content (AvgIpc) is 2.45. The van der Waals surface area contributed by atoms with Gasteiger partial charge in [0.1, 0.15) is 12.4 Å². The molecule has 2 rings (SSSR count). The van der Waals surface area contributed by atoms with Gasteiger partial charge < -0.3 is 5.32 Å². The SMILES string of the molecule is CCc1cc(=O)n(CC(=O)Nc2ccc(Br)cc2)c(C)n1. The summed E-state index contributed by atoms with van der Waals surface area (Å²) >= 11 is 3.33. The lowest BCUT2D eigenvalue weighted by molar-refractivity contribution is -0.116. The number of aryl methyl sites for hydroxylation is 2. The summed E-state index contributed by atoms with van der Waals surface area (Å²) in [6, 6.07) is 8.72. The number of rotatable bonds is 4. The van der Waals surface area contributed by atoms with Gasteiger partial charge in [-0.25, -0.2) is 4.98 Å². The first-order valence-electron chi connectivity index (χ1n) is 6.62. The van der Waals surface area contributed by atoms with Crippen LogP contribution in [0.2, 0.25) is 0 Å². The minimum absolute atomic E-state index is 0.0439. The molecule has 0 aliphatic rings. The highest BCUT2D eigenvalue weighted by Crippen LogP contribution is 2.14. The van der Waals surface area contributed by atoms with Gasteiger partial charge in [-0.2, -0.15) is 0 Å². The van der Waals surface area contributed by atoms with E-state index >= 15 is 0 Å². The van der Waals surface area contributed by atoms with Crippen LogP contribution in [0.1, 0.15) is 18.4 Å². The highest BCUT2D eigenvalue weighted by molar-refractivity contribution is 9.10. The molecule has 0 unspecified atom stereocenters. The van der Waals surface area contributed by atoms with Gasteiger partial charge in [0.25, 0.3) is 5.56 Å². The fourth-order valence-corrected chi connectivity index (χ4v) is 2.20. The predicted octanol–water partition coefficient (Wildman–Crippen LogP) is 2.52. The summed E-state index contributed by atoms with van der Waals surface area (Å²) in [5, 5.41) is 2.75. The van der Waals surface area contributed by atoms with Crippen molar-refractivity contribution in [2.24, 2.45) is 0 Å². The van der Waals surface area contributed by atoms with Gasteiger partial charge in [0.15, 0.2) is 0 Å². The van der Waals surface area contributed by atoms with Crippen molar-refractivity contribution in [2.45, 2.75) is 26.8 Å². The molecule has 0 bridgehead atoms. The van der Waals surface area contributed by atoms with Gasteiger partial charge in [-0.05, 0) is 37.6 Å². The van der Waals surface area contributed by atoms with Crippen molar-refractivity contribution in [3.8, 4) is 0 Å². The van der Waals surface area contributed by atoms with E-state index in [4.69, 9.17) is 0 Å². The number of anilines is 1. The third kappa shape index (κ3) is 4.01. The number of nitrogens with zero attached hydrogens (tertiary/aromatic N) is 2. The molecule has 0 aliphatic heterocycles. The maximum absolute atomic E-state index is 12.0. The summed E-state index contributed by atoms with van der Waals surface area (Å²) in [5.74, 6) is 0.291. The molecule has 0 radical (unpaired) electrons. The lowest BCUT2D eigenvalue weighted by Crippen LogP contribution is -2.30. The number of benzene rings is 1. The Labute approximate surface area is 131 Å². The van der Waals surface area contributed by atoms with Crippen molar-refractivity contribution in [3.63, 3.8) is 0 Å². The molecule has 6 heteroatoms. The Morgan fingerprint density at radius 2 is 2.00 bits per heavy atom. The maximum Gasteiger partial charge on any atom is 0.254 e. The van der Waals surface area contributed by atoms with Crippen LogP contribution in [-0.4, -0.2) is 15.5 Å². The Bertz CT molecular complexity index is 708. The first-order chi connectivity index (χ1) is 9.99. The molecule has 1 aromatic carbocycles. The lowest BCUT2D eigenvalue weighted by Gasteiger charge is -2.10. The monoisotopic (exact) mass is 349 g/mol. The van der Waals surface area contributed by atoms with Gasteiger partial charge in [-0.3, -0.25) is 14.2 Å². The van der Waals surface area contributed by atoms with E-state index in [1.807, 2.05) is 19.1 Å². The molecule has 110 valence electrons. The number of carbonyl (C=O) groups excluding carboxylic acids is 1. The van der Waals surface area contributed by atoms with Crippen LogP contribution in [0, 0.1) is 6.92 Å². The minimum atomic E-state index is -0.256. The summed E-state index contributed by atoms with van der Waals surface area (Å²) in [4.78, 5) is 28.3. The minimum Gasteiger partial charge on any atom is -0.325 e. The highest BCUT2D eigenvalue weighted by Gasteiger charge is 2.09. The Balaban J connectivity index is 2.13. The van der Waals surface area contributed by atoms with Gasteiger partial charge in [0.2, 0.25) is 5.91 Å². The standard InChI is InChI=1S/C15H16BrN3O2/c1-3-12-8-15(21)19(10(2)17-12)9-14(20)18-13-6-4-11(16)5-7-13/h4-8H,3,9H2,1-2H3,(H,18,20). The molecule has 0 spiro atoms. The van der Waals surface area contributed by atoms with Crippen molar-refractivity contribution in [1.82, 2.24) is 9.55 Å². The molecule has 2 aromatic rings. The molecule has 21 heavy (non-hydrogen) atoms. The molecule has 1 amide bonds. The highest BCUT2D eigenvalue weighted by atomic mass is 79.9. The number of hydrogen-bond donors (Lipinski definition) is 1. The van der Waals surface area contributed by atoms with Crippen LogP contribution in [0.15, 0.2) is 39.6 Å². The Hall–Kier alpha value is -1.95. The predicted molar refractivity (Wildman–Crippen MR) is 85.4 cm³/mol. The summed E-state index contributed by atoms with van der Waals surface area (Å²) in [6.45, 7) is 3.62. The van der Waals surface area contributed by atoms with Gasteiger partial charge in [0.05, 0.1) is 0 Å². The van der Waals surface area contributed by atoms with Crippen LogP contribution < -0.4 is 10.9 Å². The molecular formula is C15H16BrN3O2. The van der Waals surface area contributed by atoms with Crippen LogP contribution in [0.5, 0.6) is 0 Å². The summed E-state index contributed by atoms with van der Waals surface area (Å²) in [6.07, 6.45) is 0.696. The molecule has 0 aliphatic carbocycles. The number of halogens is 1. The van der Waals surface area contributed by atoms with Crippen molar-refractivity contribution in [2.75, 3.05) is 5.32 Å². The molecule has 0 fully saturated rings. The van der Waals surface area contributed by atoms with Gasteiger partial charge >= 0.3 is 0 Å². The van der Waals surface area contributed by atoms with Gasteiger partial charge in [-0.15, -0.1) is 0 Å². The molecule has 0 saturated heterocycles. The first-order valence-corrected chi connectivity index (χ1v) is 7.41. The lowest BCUT2D eigenvalue weighted by atomic mass is 10.3. The largest absolute Gasteiger partial charge is 0.325 e. The molecule has 1 aromatic heterocycles. The average molecular weight is 350 g/mol. The first kappa shape index (κ1) is 15.4. The van der Waals surface area contributed by atoms with Crippen LogP contribution in [0.4, 0.5) is 5.69 Å². The smallest absolute Gasteiger partial charge is 0.254 e. The molecular weight excluding hydrogens is 334 g/mol. The van der Waals surface area contributed by atoms with E-state index in [0.29, 0.717) is 17.9 Å². The normalized spacial score (nSPS) is 10.4. The van der Waals surface area contributed by atoms with Crippen molar-refractivity contribution >= 4 is 27.5 Å². The van der Waals surface area contributed by atoms with Crippen LogP contribution in [-0.2, 0) is 17.8 Å². The zero-order valence-electron chi connectivity index (χ0n) is 11.9. The second-order valence-corrected chi connectivity index (χ2v) is 5.54. The quantitative estimate of drug-likeness (QED) is 0.922. The maximum atomic E-state index is 12.0. The number of hydrogen-bond acceptors (Lipinski definition) is 3. The number of carbonyl (C=O) groups is 1. The summed E-state index contributed by atoms with van der Waals surface area (Å²) < 4.78 is 2.31. The third-order valence-corrected chi connectivity index (χ3v) is 3.57. The molecule has 0 atom stereocenters. The second kappa shape index (κ2) is 6.67. The third-order valence-electron chi connectivity index (χ3n) is 3.04. The van der Waals surface area contributed by atoms with E-state index in [2.05, 4.69) is 26.2 Å². The zero-order valence-corrected chi connectivity index (χ0v) is 13.5. The molecule has 0 saturated carbocycles. The molecule has 5 nitrogen and oxygen atoms in total. The number of aromatic nitrogens is 2. The molecule has 1 heterocycles. The molecule has 1 N–H and O–H groups in total. The van der Waals surface area contributed by atoms with Crippen molar-refractivity contribution in [3.05, 3.63) is 56.7 Å². The van der Waals surface area contributed by atoms with Crippen LogP contribution in [0.3, 0.4) is 0 Å². The van der Waals surface area contributed by atoms with Gasteiger partial charge in [-0.1, -0.05) is 22.9 Å². The van der Waals surface area contributed by atoms with E-state index in [-0.39, 0.29) is 18.0 Å². The fourth-order valence-electron chi connectivity index (χ4n) is 1.93. The van der Waals surface area contributed by atoms with Gasteiger partial charge in [0, 0.05) is 21.9 Å². The van der Waals surface area contributed by atoms with Crippen LogP contribution >= 0.6 is 15.9 Å². The Morgan fingerprint density at radius 1 is 1.33 bits per heavy atom. The Kier molecular flexibility index (Phi) is 4.90. The van der Waals surface area contributed by atoms with E-state index in [0.717, 1.165) is 10.2 Å². The van der Waals surface area contributed by atoms with E-state index in [9.17, 15) is 9.59 Å². The van der Waals surface area contributed by atoms with Crippen molar-refractivity contribution in [1.29, 1.82) is 0 Å². The second-order valence-electron chi connectivity index (χ2n) is 4.63. The topological polar surface area (TPSA) is 64.0 Å². The number of nitrogens with one attached hydrogen (secondary N) is 1.